The predicted octanol–water partition coefficient (Wildman–Crippen LogP) is 3.15. The summed E-state index contributed by atoms with van der Waals surface area (Å²) in [7, 11) is 2.96. The summed E-state index contributed by atoms with van der Waals surface area (Å²) in [6, 6.07) is 6.83. The average molecular weight is 293 g/mol. The summed E-state index contributed by atoms with van der Waals surface area (Å²) in [6.07, 6.45) is 0.601. The highest BCUT2D eigenvalue weighted by molar-refractivity contribution is 5.75. The highest BCUT2D eigenvalue weighted by Gasteiger charge is 2.17. The van der Waals surface area contributed by atoms with Crippen molar-refractivity contribution in [3.8, 4) is 22.6 Å². The Morgan fingerprint density at radius 2 is 1.76 bits per heavy atom. The van der Waals surface area contributed by atoms with E-state index >= 15 is 0 Å². The van der Waals surface area contributed by atoms with E-state index < -0.39 is 11.6 Å². The first kappa shape index (κ1) is 15.3. The molecular weight excluding hydrogens is 276 g/mol. The van der Waals surface area contributed by atoms with Crippen molar-refractivity contribution in [3.05, 3.63) is 47.5 Å². The van der Waals surface area contributed by atoms with Gasteiger partial charge in [0.05, 0.1) is 14.2 Å². The number of halogens is 2. The first-order valence-corrected chi connectivity index (χ1v) is 6.51. The molecule has 0 saturated heterocycles. The van der Waals surface area contributed by atoms with Crippen molar-refractivity contribution >= 4 is 0 Å². The van der Waals surface area contributed by atoms with Crippen LogP contribution in [-0.4, -0.2) is 20.8 Å². The Labute approximate surface area is 122 Å². The molecule has 0 aliphatic rings. The molecule has 2 aromatic carbocycles. The Hall–Kier alpha value is -2.14. The molecule has 0 radical (unpaired) electrons. The van der Waals surface area contributed by atoms with Crippen molar-refractivity contribution < 1.29 is 18.3 Å². The molecule has 0 bridgehead atoms. The molecule has 0 spiro atoms. The molecule has 0 saturated carbocycles. The van der Waals surface area contributed by atoms with Crippen LogP contribution in [0.5, 0.6) is 11.5 Å². The normalized spacial score (nSPS) is 10.5. The van der Waals surface area contributed by atoms with Gasteiger partial charge in [-0.25, -0.2) is 8.78 Å². The quantitative estimate of drug-likeness (QED) is 0.921. The van der Waals surface area contributed by atoms with Gasteiger partial charge in [0.1, 0.15) is 11.6 Å². The molecule has 2 rings (SSSR count). The molecule has 2 aromatic rings. The van der Waals surface area contributed by atoms with E-state index in [1.54, 1.807) is 12.1 Å². The van der Waals surface area contributed by atoms with Gasteiger partial charge in [0.25, 0.3) is 0 Å². The van der Waals surface area contributed by atoms with Crippen LogP contribution < -0.4 is 15.2 Å². The second kappa shape index (κ2) is 6.54. The van der Waals surface area contributed by atoms with E-state index in [4.69, 9.17) is 15.2 Å². The van der Waals surface area contributed by atoms with Crippen molar-refractivity contribution in [2.45, 2.75) is 6.42 Å². The molecule has 0 aliphatic carbocycles. The van der Waals surface area contributed by atoms with E-state index in [0.717, 1.165) is 23.8 Å². The first-order valence-electron chi connectivity index (χ1n) is 6.51. The van der Waals surface area contributed by atoms with Crippen molar-refractivity contribution in [1.29, 1.82) is 0 Å². The largest absolute Gasteiger partial charge is 0.493 e. The lowest BCUT2D eigenvalue weighted by molar-refractivity contribution is 0.355. The maximum Gasteiger partial charge on any atom is 0.168 e. The number of nitrogens with two attached hydrogens (primary N) is 1. The van der Waals surface area contributed by atoms with E-state index in [1.807, 2.05) is 0 Å². The third-order valence-electron chi connectivity index (χ3n) is 3.19. The third kappa shape index (κ3) is 3.13. The monoisotopic (exact) mass is 293 g/mol. The molecule has 5 heteroatoms. The lowest BCUT2D eigenvalue weighted by atomic mass is 9.99. The van der Waals surface area contributed by atoms with E-state index in [1.165, 1.54) is 14.2 Å². The summed E-state index contributed by atoms with van der Waals surface area (Å²) < 4.78 is 38.1. The summed E-state index contributed by atoms with van der Waals surface area (Å²) in [6.45, 7) is 0.445. The molecule has 0 fully saturated rings. The topological polar surface area (TPSA) is 44.5 Å². The van der Waals surface area contributed by atoms with Crippen molar-refractivity contribution in [2.75, 3.05) is 20.8 Å². The van der Waals surface area contributed by atoms with Gasteiger partial charge in [0, 0.05) is 11.1 Å². The Kier molecular flexibility index (Phi) is 4.75. The van der Waals surface area contributed by atoms with E-state index in [9.17, 15) is 8.78 Å². The summed E-state index contributed by atoms with van der Waals surface area (Å²) in [4.78, 5) is 0. The lowest BCUT2D eigenvalue weighted by Gasteiger charge is -2.15. The van der Waals surface area contributed by atoms with Crippen LogP contribution in [0.25, 0.3) is 11.1 Å². The molecular formula is C16H17F2NO2. The van der Waals surface area contributed by atoms with Crippen molar-refractivity contribution in [1.82, 2.24) is 0 Å². The standard InChI is InChI=1S/C16H17F2NO2/c1-20-15-8-10(5-6-19)7-13(16(15)21-2)12-9-11(17)3-4-14(12)18/h3-4,7-9H,5-6,19H2,1-2H3. The molecule has 0 unspecified atom stereocenters. The Morgan fingerprint density at radius 3 is 2.38 bits per heavy atom. The molecule has 0 amide bonds. The minimum absolute atomic E-state index is 0.129. The fourth-order valence-electron chi connectivity index (χ4n) is 2.24. The minimum atomic E-state index is -0.526. The Morgan fingerprint density at radius 1 is 1.00 bits per heavy atom. The maximum absolute atomic E-state index is 14.0. The van der Waals surface area contributed by atoms with Crippen LogP contribution in [0, 0.1) is 11.6 Å². The van der Waals surface area contributed by atoms with Gasteiger partial charge in [-0.1, -0.05) is 0 Å². The summed E-state index contributed by atoms with van der Waals surface area (Å²) in [5, 5.41) is 0. The zero-order valence-electron chi connectivity index (χ0n) is 12.0. The molecule has 0 heterocycles. The average Bonchev–Trinajstić information content (AvgIpc) is 2.49. The van der Waals surface area contributed by atoms with Gasteiger partial charge in [-0.2, -0.15) is 0 Å². The Bertz CT molecular complexity index is 644. The second-order valence-corrected chi connectivity index (χ2v) is 4.54. The van der Waals surface area contributed by atoms with Gasteiger partial charge in [-0.3, -0.25) is 0 Å². The van der Waals surface area contributed by atoms with E-state index in [0.29, 0.717) is 30.0 Å². The van der Waals surface area contributed by atoms with E-state index in [2.05, 4.69) is 0 Å². The zero-order valence-corrected chi connectivity index (χ0v) is 12.0. The Balaban J connectivity index is 2.69. The number of hydrogen-bond donors (Lipinski definition) is 1. The SMILES string of the molecule is COc1cc(CCN)cc(-c2cc(F)ccc2F)c1OC. The van der Waals surface area contributed by atoms with E-state index in [-0.39, 0.29) is 5.56 Å². The number of ether oxygens (including phenoxy) is 2. The van der Waals surface area contributed by atoms with Crippen LogP contribution in [0.15, 0.2) is 30.3 Å². The van der Waals surface area contributed by atoms with Gasteiger partial charge < -0.3 is 15.2 Å². The second-order valence-electron chi connectivity index (χ2n) is 4.54. The highest BCUT2D eigenvalue weighted by atomic mass is 19.1. The molecule has 112 valence electrons. The molecule has 0 aromatic heterocycles. The zero-order chi connectivity index (χ0) is 15.4. The molecule has 2 N–H and O–H groups in total. The van der Waals surface area contributed by atoms with Crippen LogP contribution in [0.2, 0.25) is 0 Å². The molecule has 0 atom stereocenters. The molecule has 21 heavy (non-hydrogen) atoms. The summed E-state index contributed by atoms with van der Waals surface area (Å²) >= 11 is 0. The van der Waals surface area contributed by atoms with Crippen LogP contribution in [0.3, 0.4) is 0 Å². The van der Waals surface area contributed by atoms with Crippen LogP contribution >= 0.6 is 0 Å². The fourth-order valence-corrected chi connectivity index (χ4v) is 2.24. The molecule has 3 nitrogen and oxygen atoms in total. The van der Waals surface area contributed by atoms with Crippen molar-refractivity contribution in [3.63, 3.8) is 0 Å². The van der Waals surface area contributed by atoms with Crippen molar-refractivity contribution in [2.24, 2.45) is 5.73 Å². The predicted molar refractivity (Wildman–Crippen MR) is 77.7 cm³/mol. The highest BCUT2D eigenvalue weighted by Crippen LogP contribution is 2.40. The first-order chi connectivity index (χ1) is 10.1. The number of rotatable bonds is 5. The van der Waals surface area contributed by atoms with Gasteiger partial charge >= 0.3 is 0 Å². The summed E-state index contributed by atoms with van der Waals surface area (Å²) in [5.41, 5.74) is 7.00. The van der Waals surface area contributed by atoms with Gasteiger partial charge in [-0.15, -0.1) is 0 Å². The number of methoxy groups -OCH3 is 2. The van der Waals surface area contributed by atoms with Crippen LogP contribution in [0.1, 0.15) is 5.56 Å². The van der Waals surface area contributed by atoms with Crippen LogP contribution in [-0.2, 0) is 6.42 Å². The van der Waals surface area contributed by atoms with Gasteiger partial charge in [-0.05, 0) is 48.9 Å². The lowest BCUT2D eigenvalue weighted by Crippen LogP contribution is -2.04. The number of benzene rings is 2. The minimum Gasteiger partial charge on any atom is -0.493 e. The smallest absolute Gasteiger partial charge is 0.168 e. The van der Waals surface area contributed by atoms with Gasteiger partial charge in [0.15, 0.2) is 11.5 Å². The third-order valence-corrected chi connectivity index (χ3v) is 3.19. The summed E-state index contributed by atoms with van der Waals surface area (Å²) in [5.74, 6) is -0.219. The fraction of sp³-hybridized carbons (Fsp3) is 0.250. The maximum atomic E-state index is 14.0. The molecule has 0 aliphatic heterocycles. The number of hydrogen-bond acceptors (Lipinski definition) is 3. The van der Waals surface area contributed by atoms with Crippen LogP contribution in [0.4, 0.5) is 8.78 Å². The van der Waals surface area contributed by atoms with Gasteiger partial charge in [0.2, 0.25) is 0 Å².